The summed E-state index contributed by atoms with van der Waals surface area (Å²) >= 11 is 1.85. The molecule has 2 rings (SSSR count). The minimum absolute atomic E-state index is 0.118. The van der Waals surface area contributed by atoms with Gasteiger partial charge in [-0.15, -0.1) is 0 Å². The molecule has 2 fully saturated rings. The molecule has 2 bridgehead atoms. The molecule has 4 unspecified atom stereocenters. The molecule has 2 aliphatic carbocycles. The van der Waals surface area contributed by atoms with E-state index in [1.165, 1.54) is 6.42 Å². The highest BCUT2D eigenvalue weighted by atomic mass is 32.2. The predicted octanol–water partition coefficient (Wildman–Crippen LogP) is 1.83. The van der Waals surface area contributed by atoms with Gasteiger partial charge in [0, 0.05) is 6.04 Å². The zero-order valence-electron chi connectivity index (χ0n) is 9.82. The lowest BCUT2D eigenvalue weighted by molar-refractivity contribution is -0.144. The molecule has 2 saturated carbocycles. The fourth-order valence-electron chi connectivity index (χ4n) is 3.43. The summed E-state index contributed by atoms with van der Waals surface area (Å²) in [6, 6.07) is 0.248. The van der Waals surface area contributed by atoms with E-state index >= 15 is 0 Å². The molecule has 0 saturated heterocycles. The highest BCUT2D eigenvalue weighted by Gasteiger charge is 2.50. The lowest BCUT2D eigenvalue weighted by atomic mass is 9.84. The third kappa shape index (κ3) is 2.38. The van der Waals surface area contributed by atoms with Crippen LogP contribution in [0.1, 0.15) is 25.7 Å². The first-order valence-electron chi connectivity index (χ1n) is 6.19. The maximum absolute atomic E-state index is 11.2. The number of nitrogens with one attached hydrogen (secondary N) is 1. The van der Waals surface area contributed by atoms with Gasteiger partial charge in [0.05, 0.1) is 5.92 Å². The van der Waals surface area contributed by atoms with E-state index in [1.54, 1.807) is 0 Å². The number of carboxylic acid groups (broad SMARTS) is 1. The molecule has 0 aromatic rings. The van der Waals surface area contributed by atoms with Crippen LogP contribution < -0.4 is 5.32 Å². The van der Waals surface area contributed by atoms with Crippen molar-refractivity contribution in [3.8, 4) is 0 Å². The summed E-state index contributed by atoms with van der Waals surface area (Å²) < 4.78 is 0. The van der Waals surface area contributed by atoms with Gasteiger partial charge < -0.3 is 10.4 Å². The van der Waals surface area contributed by atoms with Crippen LogP contribution in [0.4, 0.5) is 0 Å². The smallest absolute Gasteiger partial charge is 0.308 e. The molecule has 4 heteroatoms. The molecular formula is C12H21NO2S. The number of thioether (sulfide) groups is 1. The van der Waals surface area contributed by atoms with Gasteiger partial charge in [-0.2, -0.15) is 11.8 Å². The maximum atomic E-state index is 11.2. The summed E-state index contributed by atoms with van der Waals surface area (Å²) in [5.74, 6) is 1.52. The van der Waals surface area contributed by atoms with Crippen molar-refractivity contribution in [2.75, 3.05) is 18.6 Å². The standard InChI is InChI=1S/C12H21NO2S/c1-16-6-2-5-13-11-9-4-3-8(7-9)10(11)12(14)15/h8-11,13H,2-7H2,1H3,(H,14,15). The number of hydrogen-bond donors (Lipinski definition) is 2. The molecule has 0 spiro atoms. The fraction of sp³-hybridized carbons (Fsp3) is 0.917. The summed E-state index contributed by atoms with van der Waals surface area (Å²) in [6.07, 6.45) is 6.75. The van der Waals surface area contributed by atoms with Crippen molar-refractivity contribution >= 4 is 17.7 Å². The molecule has 92 valence electrons. The molecule has 0 amide bonds. The first kappa shape index (κ1) is 12.2. The second kappa shape index (κ2) is 5.41. The Kier molecular flexibility index (Phi) is 4.14. The fourth-order valence-corrected chi connectivity index (χ4v) is 3.86. The number of aliphatic carboxylic acids is 1. The van der Waals surface area contributed by atoms with E-state index in [-0.39, 0.29) is 12.0 Å². The van der Waals surface area contributed by atoms with E-state index in [1.807, 2.05) is 11.8 Å². The quantitative estimate of drug-likeness (QED) is 0.699. The third-order valence-electron chi connectivity index (χ3n) is 4.11. The summed E-state index contributed by atoms with van der Waals surface area (Å²) in [4.78, 5) is 11.2. The van der Waals surface area contributed by atoms with Gasteiger partial charge in [-0.25, -0.2) is 0 Å². The Morgan fingerprint density at radius 2 is 2.19 bits per heavy atom. The van der Waals surface area contributed by atoms with E-state index in [9.17, 15) is 9.90 Å². The van der Waals surface area contributed by atoms with Gasteiger partial charge in [0.25, 0.3) is 0 Å². The molecule has 0 aromatic heterocycles. The van der Waals surface area contributed by atoms with Crippen molar-refractivity contribution in [3.63, 3.8) is 0 Å². The number of rotatable bonds is 6. The van der Waals surface area contributed by atoms with Crippen molar-refractivity contribution in [2.45, 2.75) is 31.7 Å². The number of carbonyl (C=O) groups is 1. The van der Waals surface area contributed by atoms with Gasteiger partial charge in [-0.3, -0.25) is 4.79 Å². The Hall–Kier alpha value is -0.220. The number of carboxylic acids is 1. The minimum Gasteiger partial charge on any atom is -0.481 e. The van der Waals surface area contributed by atoms with Crippen molar-refractivity contribution in [3.05, 3.63) is 0 Å². The summed E-state index contributed by atoms with van der Waals surface area (Å²) in [6.45, 7) is 0.971. The number of hydrogen-bond acceptors (Lipinski definition) is 3. The predicted molar refractivity (Wildman–Crippen MR) is 66.7 cm³/mol. The van der Waals surface area contributed by atoms with Gasteiger partial charge in [0.1, 0.15) is 0 Å². The van der Waals surface area contributed by atoms with Crippen LogP contribution in [0.2, 0.25) is 0 Å². The lowest BCUT2D eigenvalue weighted by Gasteiger charge is -2.29. The summed E-state index contributed by atoms with van der Waals surface area (Å²) in [5.41, 5.74) is 0. The highest BCUT2D eigenvalue weighted by molar-refractivity contribution is 7.98. The first-order chi connectivity index (χ1) is 7.74. The SMILES string of the molecule is CSCCCNC1C2CCC(C2)C1C(=O)O. The minimum atomic E-state index is -0.588. The van der Waals surface area contributed by atoms with Gasteiger partial charge in [0.2, 0.25) is 0 Å². The molecular weight excluding hydrogens is 222 g/mol. The summed E-state index contributed by atoms with van der Waals surface area (Å²) in [7, 11) is 0. The topological polar surface area (TPSA) is 49.3 Å². The summed E-state index contributed by atoms with van der Waals surface area (Å²) in [5, 5.41) is 12.7. The molecule has 0 aliphatic heterocycles. The second-order valence-corrected chi connectivity index (χ2v) is 6.01. The highest BCUT2D eigenvalue weighted by Crippen LogP contribution is 2.48. The van der Waals surface area contributed by atoms with Gasteiger partial charge >= 0.3 is 5.97 Å². The average molecular weight is 243 g/mol. The first-order valence-corrected chi connectivity index (χ1v) is 7.58. The maximum Gasteiger partial charge on any atom is 0.308 e. The Balaban J connectivity index is 1.84. The van der Waals surface area contributed by atoms with Crippen LogP contribution >= 0.6 is 11.8 Å². The average Bonchev–Trinajstić information content (AvgIpc) is 2.83. The molecule has 0 aromatic carbocycles. The Bertz CT molecular complexity index is 259. The Morgan fingerprint density at radius 3 is 2.88 bits per heavy atom. The van der Waals surface area contributed by atoms with Crippen LogP contribution in [-0.4, -0.2) is 35.7 Å². The monoisotopic (exact) mass is 243 g/mol. The van der Waals surface area contributed by atoms with E-state index in [2.05, 4.69) is 11.6 Å². The van der Waals surface area contributed by atoms with E-state index in [4.69, 9.17) is 0 Å². The van der Waals surface area contributed by atoms with Crippen molar-refractivity contribution in [2.24, 2.45) is 17.8 Å². The van der Waals surface area contributed by atoms with Crippen LogP contribution in [-0.2, 0) is 4.79 Å². The van der Waals surface area contributed by atoms with Gasteiger partial charge in [0.15, 0.2) is 0 Å². The lowest BCUT2D eigenvalue weighted by Crippen LogP contribution is -2.44. The molecule has 3 nitrogen and oxygen atoms in total. The zero-order chi connectivity index (χ0) is 11.5. The van der Waals surface area contributed by atoms with Crippen LogP contribution in [0.25, 0.3) is 0 Å². The molecule has 16 heavy (non-hydrogen) atoms. The Morgan fingerprint density at radius 1 is 1.44 bits per heavy atom. The zero-order valence-corrected chi connectivity index (χ0v) is 10.6. The van der Waals surface area contributed by atoms with Crippen LogP contribution in [0, 0.1) is 17.8 Å². The largest absolute Gasteiger partial charge is 0.481 e. The van der Waals surface area contributed by atoms with Crippen LogP contribution in [0.15, 0.2) is 0 Å². The molecule has 0 radical (unpaired) electrons. The second-order valence-electron chi connectivity index (χ2n) is 5.02. The molecule has 2 N–H and O–H groups in total. The van der Waals surface area contributed by atoms with Crippen molar-refractivity contribution in [1.29, 1.82) is 0 Å². The number of fused-ring (bicyclic) bond motifs is 2. The molecule has 2 aliphatic rings. The molecule has 0 heterocycles. The Labute approximate surface area is 101 Å². The van der Waals surface area contributed by atoms with Crippen LogP contribution in [0.3, 0.4) is 0 Å². The van der Waals surface area contributed by atoms with E-state index < -0.39 is 5.97 Å². The van der Waals surface area contributed by atoms with E-state index in [0.717, 1.165) is 31.6 Å². The third-order valence-corrected chi connectivity index (χ3v) is 4.80. The van der Waals surface area contributed by atoms with Crippen molar-refractivity contribution in [1.82, 2.24) is 5.32 Å². The van der Waals surface area contributed by atoms with Gasteiger partial charge in [-0.1, -0.05) is 0 Å². The van der Waals surface area contributed by atoms with Gasteiger partial charge in [-0.05, 0) is 56.1 Å². The van der Waals surface area contributed by atoms with E-state index in [0.29, 0.717) is 11.8 Å². The van der Waals surface area contributed by atoms with Crippen LogP contribution in [0.5, 0.6) is 0 Å². The van der Waals surface area contributed by atoms with Crippen molar-refractivity contribution < 1.29 is 9.90 Å². The molecule has 4 atom stereocenters. The normalized spacial score (nSPS) is 36.8.